The predicted molar refractivity (Wildman–Crippen MR) is 309 cm³/mol. The smallest absolute Gasteiger partial charge is 0.391 e. The molecule has 0 aromatic rings. The largest absolute Gasteiger partial charge is 0.472 e. The van der Waals surface area contributed by atoms with Crippen molar-refractivity contribution >= 4 is 13.7 Å². The van der Waals surface area contributed by atoms with Crippen molar-refractivity contribution in [1.82, 2.24) is 5.32 Å². The Bertz CT molecular complexity index is 1380. The second-order valence-corrected chi connectivity index (χ2v) is 22.8. The summed E-state index contributed by atoms with van der Waals surface area (Å²) in [4.78, 5) is 23.3. The van der Waals surface area contributed by atoms with Gasteiger partial charge in [0.15, 0.2) is 0 Å². The van der Waals surface area contributed by atoms with Gasteiger partial charge in [-0.2, -0.15) is 0 Å². The van der Waals surface area contributed by atoms with Crippen molar-refractivity contribution in [3.63, 3.8) is 0 Å². The number of nitrogens with zero attached hydrogens (tertiary/aromatic N) is 1. The monoisotopic (exact) mass is 1020 g/mol. The third kappa shape index (κ3) is 55.5. The molecule has 0 aromatic carbocycles. The topological polar surface area (TPSA) is 105 Å². The maximum absolute atomic E-state index is 12.9. The number of likely N-dealkylation sites (N-methyl/N-ethyl adjacent to an activating group) is 1. The number of phosphoric ester groups is 1. The molecule has 0 rings (SSSR count). The molecule has 0 aromatic heterocycles. The van der Waals surface area contributed by atoms with Crippen LogP contribution in [0.4, 0.5) is 0 Å². The molecule has 0 fully saturated rings. The van der Waals surface area contributed by atoms with Crippen LogP contribution in [-0.2, 0) is 18.4 Å². The van der Waals surface area contributed by atoms with E-state index in [1.807, 2.05) is 27.2 Å². The maximum atomic E-state index is 12.9. The van der Waals surface area contributed by atoms with Gasteiger partial charge in [0.25, 0.3) is 0 Å². The second-order valence-electron chi connectivity index (χ2n) is 21.3. The van der Waals surface area contributed by atoms with E-state index in [1.54, 1.807) is 0 Å². The Morgan fingerprint density at radius 2 is 0.817 bits per heavy atom. The van der Waals surface area contributed by atoms with Crippen LogP contribution in [-0.4, -0.2) is 73.4 Å². The molecule has 3 N–H and O–H groups in total. The van der Waals surface area contributed by atoms with E-state index in [2.05, 4.69) is 86.0 Å². The van der Waals surface area contributed by atoms with Crippen LogP contribution < -0.4 is 5.32 Å². The van der Waals surface area contributed by atoms with Crippen molar-refractivity contribution < 1.29 is 32.9 Å². The number of unbranched alkanes of at least 4 members (excludes halogenated alkanes) is 29. The fourth-order valence-electron chi connectivity index (χ4n) is 8.60. The average molecular weight is 1020 g/mol. The molecule has 0 saturated carbocycles. The van der Waals surface area contributed by atoms with Gasteiger partial charge in [0.2, 0.25) is 5.91 Å². The number of aliphatic hydroxyl groups excluding tert-OH is 1. The van der Waals surface area contributed by atoms with Gasteiger partial charge in [0.05, 0.1) is 39.9 Å². The Labute approximate surface area is 440 Å². The highest BCUT2D eigenvalue weighted by atomic mass is 31.2. The van der Waals surface area contributed by atoms with Crippen molar-refractivity contribution in [3.8, 4) is 0 Å². The van der Waals surface area contributed by atoms with E-state index < -0.39 is 20.0 Å². The first-order chi connectivity index (χ1) is 34.5. The minimum absolute atomic E-state index is 0.0580. The zero-order chi connectivity index (χ0) is 52.0. The number of nitrogens with one attached hydrogen (secondary N) is 1. The lowest BCUT2D eigenvalue weighted by molar-refractivity contribution is -0.870. The van der Waals surface area contributed by atoms with E-state index in [0.717, 1.165) is 57.8 Å². The summed E-state index contributed by atoms with van der Waals surface area (Å²) in [6.45, 7) is 4.74. The van der Waals surface area contributed by atoms with E-state index in [1.165, 1.54) is 173 Å². The van der Waals surface area contributed by atoms with Crippen LogP contribution in [0.5, 0.6) is 0 Å². The van der Waals surface area contributed by atoms with Gasteiger partial charge in [-0.1, -0.05) is 279 Å². The predicted octanol–water partition coefficient (Wildman–Crippen LogP) is 18.3. The van der Waals surface area contributed by atoms with Crippen LogP contribution in [0.2, 0.25) is 0 Å². The van der Waals surface area contributed by atoms with Gasteiger partial charge in [-0.3, -0.25) is 13.8 Å². The third-order valence-corrected chi connectivity index (χ3v) is 14.2. The summed E-state index contributed by atoms with van der Waals surface area (Å²) in [7, 11) is 1.57. The molecule has 0 aliphatic heterocycles. The molecule has 8 nitrogen and oxygen atoms in total. The van der Waals surface area contributed by atoms with Crippen molar-refractivity contribution in [3.05, 3.63) is 72.9 Å². The van der Waals surface area contributed by atoms with Gasteiger partial charge in [-0.25, -0.2) is 4.57 Å². The van der Waals surface area contributed by atoms with Gasteiger partial charge >= 0.3 is 7.82 Å². The number of carbonyl (C=O) groups excluding carboxylic acids is 1. The van der Waals surface area contributed by atoms with Crippen LogP contribution in [0, 0.1) is 0 Å². The lowest BCUT2D eigenvalue weighted by Crippen LogP contribution is -2.46. The second kappa shape index (κ2) is 52.8. The van der Waals surface area contributed by atoms with Crippen molar-refractivity contribution in [2.24, 2.45) is 0 Å². The molecule has 0 saturated heterocycles. The van der Waals surface area contributed by atoms with E-state index in [0.29, 0.717) is 23.9 Å². The Balaban J connectivity index is 4.17. The number of aliphatic hydroxyl groups is 1. The number of allylic oxidation sites excluding steroid dienone is 12. The molecule has 1 amide bonds. The van der Waals surface area contributed by atoms with E-state index in [9.17, 15) is 19.4 Å². The van der Waals surface area contributed by atoms with Crippen LogP contribution in [0.1, 0.15) is 264 Å². The highest BCUT2D eigenvalue weighted by Gasteiger charge is 2.28. The molecule has 414 valence electrons. The number of phosphoric acid groups is 1. The molecule has 71 heavy (non-hydrogen) atoms. The fraction of sp³-hybridized carbons (Fsp3) is 0.790. The van der Waals surface area contributed by atoms with E-state index in [-0.39, 0.29) is 25.5 Å². The lowest BCUT2D eigenvalue weighted by Gasteiger charge is -2.26. The van der Waals surface area contributed by atoms with Crippen LogP contribution in [0.3, 0.4) is 0 Å². The summed E-state index contributed by atoms with van der Waals surface area (Å²) in [6.07, 6.45) is 72.8. The first kappa shape index (κ1) is 68.9. The molecule has 3 atom stereocenters. The Morgan fingerprint density at radius 1 is 0.493 bits per heavy atom. The molecular formula is C62H116N2O6P+. The molecule has 3 unspecified atom stereocenters. The first-order valence-electron chi connectivity index (χ1n) is 29.8. The highest BCUT2D eigenvalue weighted by molar-refractivity contribution is 7.47. The first-order valence-corrected chi connectivity index (χ1v) is 31.3. The summed E-state index contributed by atoms with van der Waals surface area (Å²) in [6, 6.07) is -0.807. The standard InChI is InChI=1S/C62H115N2O6P/c1-6-8-10-12-14-16-18-20-22-24-26-27-28-29-30-31-32-33-34-35-36-38-39-41-43-45-47-49-51-53-55-61(65)60(59-70-71(67,68)69-58-57-64(3,4)5)63-62(66)56-54-52-50-48-46-44-42-40-37-25-23-21-19-17-15-13-11-9-7-2/h9,11,15,17,21,23,37,40,44,46,50,52,60-61,65H,6-8,10,12-14,16,18-20,22,24-36,38-39,41-43,45,47-49,51,53-59H2,1-5H3,(H-,63,66,67,68)/p+1/b11-9-,17-15-,23-21-,40-37-,46-44-,52-50-. The SMILES string of the molecule is CC/C=C\C/C=C\C/C=C\C/C=C\C/C=C\C/C=C\CCC(=O)NC(COP(=O)(O)OCC[N+](C)(C)C)C(O)CCCCCCCCCCCCCCCCCCCCCCCCCCCCCCCC. The lowest BCUT2D eigenvalue weighted by atomic mass is 10.0. The normalized spacial score (nSPS) is 14.4. The van der Waals surface area contributed by atoms with E-state index in [4.69, 9.17) is 9.05 Å². The Morgan fingerprint density at radius 3 is 1.15 bits per heavy atom. The minimum atomic E-state index is -4.35. The van der Waals surface area contributed by atoms with Gasteiger partial charge < -0.3 is 19.8 Å². The summed E-state index contributed by atoms with van der Waals surface area (Å²) in [5.41, 5.74) is 0. The fourth-order valence-corrected chi connectivity index (χ4v) is 9.34. The number of hydrogen-bond acceptors (Lipinski definition) is 5. The Kier molecular flexibility index (Phi) is 51.3. The molecule has 0 heterocycles. The molecule has 0 aliphatic rings. The molecule has 0 spiro atoms. The highest BCUT2D eigenvalue weighted by Crippen LogP contribution is 2.43. The van der Waals surface area contributed by atoms with Crippen molar-refractivity contribution in [1.29, 1.82) is 0 Å². The number of quaternary nitrogens is 1. The molecular weight excluding hydrogens is 900 g/mol. The molecule has 0 radical (unpaired) electrons. The van der Waals surface area contributed by atoms with Gasteiger partial charge in [0.1, 0.15) is 13.2 Å². The summed E-state index contributed by atoms with van der Waals surface area (Å²) in [5.74, 6) is -0.225. The average Bonchev–Trinajstić information content (AvgIpc) is 3.33. The third-order valence-electron chi connectivity index (χ3n) is 13.2. The molecule has 0 aliphatic carbocycles. The Hall–Kier alpha value is -2.06. The summed E-state index contributed by atoms with van der Waals surface area (Å²) < 4.78 is 23.7. The van der Waals surface area contributed by atoms with Gasteiger partial charge in [0, 0.05) is 6.42 Å². The maximum Gasteiger partial charge on any atom is 0.472 e. The van der Waals surface area contributed by atoms with Gasteiger partial charge in [-0.15, -0.1) is 0 Å². The van der Waals surface area contributed by atoms with Crippen LogP contribution in [0.15, 0.2) is 72.9 Å². The number of hydrogen-bond donors (Lipinski definition) is 3. The quantitative estimate of drug-likeness (QED) is 0.0243. The summed E-state index contributed by atoms with van der Waals surface area (Å²) in [5, 5.41) is 14.0. The minimum Gasteiger partial charge on any atom is -0.391 e. The van der Waals surface area contributed by atoms with E-state index >= 15 is 0 Å². The van der Waals surface area contributed by atoms with Crippen LogP contribution >= 0.6 is 7.82 Å². The number of carbonyl (C=O) groups is 1. The zero-order valence-electron chi connectivity index (χ0n) is 47.2. The number of rotatable bonds is 54. The van der Waals surface area contributed by atoms with Crippen molar-refractivity contribution in [2.75, 3.05) is 40.9 Å². The number of amides is 1. The van der Waals surface area contributed by atoms with Crippen LogP contribution in [0.25, 0.3) is 0 Å². The molecule has 9 heteroatoms. The van der Waals surface area contributed by atoms with Gasteiger partial charge in [-0.05, 0) is 51.4 Å². The molecule has 0 bridgehead atoms. The zero-order valence-corrected chi connectivity index (χ0v) is 48.1. The van der Waals surface area contributed by atoms with Crippen molar-refractivity contribution in [2.45, 2.75) is 276 Å². The summed E-state index contributed by atoms with van der Waals surface area (Å²) >= 11 is 0.